The zero-order valence-corrected chi connectivity index (χ0v) is 15.0. The molecule has 3 rings (SSSR count). The van der Waals surface area contributed by atoms with Gasteiger partial charge in [-0.25, -0.2) is 4.79 Å². The number of rotatable bonds is 5. The smallest absolute Gasteiger partial charge is 0.328 e. The first kappa shape index (κ1) is 18.7. The van der Waals surface area contributed by atoms with Crippen molar-refractivity contribution in [1.29, 1.82) is 0 Å². The lowest BCUT2D eigenvalue weighted by atomic mass is 9.97. The molecule has 9 nitrogen and oxygen atoms in total. The molecule has 1 saturated heterocycles. The molecule has 1 fully saturated rings. The fourth-order valence-electron chi connectivity index (χ4n) is 3.15. The van der Waals surface area contributed by atoms with Crippen molar-refractivity contribution in [1.82, 2.24) is 14.5 Å². The molecule has 3 heterocycles. The lowest BCUT2D eigenvalue weighted by Gasteiger charge is -2.31. The molecule has 1 N–H and O–H groups in total. The number of hydrogen-bond donors (Lipinski definition) is 1. The number of nitrogens with one attached hydrogen (secondary N) is 1. The van der Waals surface area contributed by atoms with Crippen molar-refractivity contribution in [2.24, 2.45) is 5.92 Å². The average molecular weight is 375 g/mol. The number of carbonyl (C=O) groups excluding carboxylic acids is 2. The van der Waals surface area contributed by atoms with Crippen molar-refractivity contribution in [3.05, 3.63) is 56.8 Å². The number of likely N-dealkylation sites (tertiary alicyclic amines) is 1. The number of aromatic nitrogens is 2. The minimum Gasteiger partial charge on any atom is -0.467 e. The average Bonchev–Trinajstić information content (AvgIpc) is 3.18. The first-order chi connectivity index (χ1) is 13.0. The van der Waals surface area contributed by atoms with Gasteiger partial charge in [0.25, 0.3) is 11.5 Å². The van der Waals surface area contributed by atoms with Crippen LogP contribution in [0.25, 0.3) is 0 Å². The van der Waals surface area contributed by atoms with Gasteiger partial charge in [-0.3, -0.25) is 19.0 Å². The molecule has 9 heteroatoms. The van der Waals surface area contributed by atoms with Crippen LogP contribution < -0.4 is 11.2 Å². The predicted octanol–water partition coefficient (Wildman–Crippen LogP) is 0.593. The van der Waals surface area contributed by atoms with Crippen LogP contribution in [0.4, 0.5) is 0 Å². The zero-order chi connectivity index (χ0) is 19.4. The number of piperidine rings is 1. The van der Waals surface area contributed by atoms with E-state index in [1.807, 2.05) is 0 Å². The Bertz CT molecular complexity index is 927. The Labute approximate surface area is 154 Å². The quantitative estimate of drug-likeness (QED) is 0.765. The van der Waals surface area contributed by atoms with Gasteiger partial charge in [0.15, 0.2) is 0 Å². The van der Waals surface area contributed by atoms with Crippen molar-refractivity contribution < 1.29 is 18.7 Å². The highest BCUT2D eigenvalue weighted by Gasteiger charge is 2.31. The van der Waals surface area contributed by atoms with Crippen LogP contribution in [-0.2, 0) is 16.1 Å². The van der Waals surface area contributed by atoms with E-state index in [9.17, 15) is 19.2 Å². The van der Waals surface area contributed by atoms with Gasteiger partial charge in [0.1, 0.15) is 11.3 Å². The lowest BCUT2D eigenvalue weighted by Crippen LogP contribution is -2.46. The summed E-state index contributed by atoms with van der Waals surface area (Å²) >= 11 is 0. The highest BCUT2D eigenvalue weighted by atomic mass is 16.5. The summed E-state index contributed by atoms with van der Waals surface area (Å²) < 4.78 is 11.1. The minimum absolute atomic E-state index is 0.0757. The molecule has 1 unspecified atom stereocenters. The molecule has 2 aromatic heterocycles. The summed E-state index contributed by atoms with van der Waals surface area (Å²) in [5.41, 5.74) is -1.47. The van der Waals surface area contributed by atoms with E-state index in [-0.39, 0.29) is 31.2 Å². The molecule has 0 aromatic carbocycles. The maximum atomic E-state index is 12.8. The van der Waals surface area contributed by atoms with Crippen molar-refractivity contribution >= 4 is 11.9 Å². The molecule has 0 spiro atoms. The number of ether oxygens (including phenoxy) is 1. The van der Waals surface area contributed by atoms with E-state index in [2.05, 4.69) is 4.98 Å². The van der Waals surface area contributed by atoms with Crippen molar-refractivity contribution in [3.8, 4) is 0 Å². The second-order valence-electron chi connectivity index (χ2n) is 6.32. The van der Waals surface area contributed by atoms with Gasteiger partial charge in [-0.15, -0.1) is 0 Å². The fourth-order valence-corrected chi connectivity index (χ4v) is 3.15. The molecule has 0 radical (unpaired) electrons. The Hall–Kier alpha value is -3.10. The van der Waals surface area contributed by atoms with Crippen LogP contribution in [0.15, 0.2) is 38.6 Å². The lowest BCUT2D eigenvalue weighted by molar-refractivity contribution is -0.149. The van der Waals surface area contributed by atoms with Crippen LogP contribution in [0, 0.1) is 5.92 Å². The van der Waals surface area contributed by atoms with Gasteiger partial charge in [-0.1, -0.05) is 0 Å². The van der Waals surface area contributed by atoms with Gasteiger partial charge in [0, 0.05) is 19.3 Å². The maximum Gasteiger partial charge on any atom is 0.328 e. The SMILES string of the molecule is CCOC(=O)C1CCCN(C(=O)c2c[nH]c(=O)n(Cc3ccco3)c2=O)C1. The molecule has 27 heavy (non-hydrogen) atoms. The summed E-state index contributed by atoms with van der Waals surface area (Å²) in [6.07, 6.45) is 3.84. The minimum atomic E-state index is -0.696. The Kier molecular flexibility index (Phi) is 5.58. The molecule has 1 atom stereocenters. The number of H-pyrrole nitrogens is 1. The third-order valence-corrected chi connectivity index (χ3v) is 4.51. The van der Waals surface area contributed by atoms with Crippen LogP contribution in [-0.4, -0.2) is 46.0 Å². The van der Waals surface area contributed by atoms with Crippen LogP contribution in [0.5, 0.6) is 0 Å². The van der Waals surface area contributed by atoms with E-state index in [0.29, 0.717) is 25.1 Å². The second-order valence-corrected chi connectivity index (χ2v) is 6.32. The summed E-state index contributed by atoms with van der Waals surface area (Å²) in [5, 5.41) is 0. The van der Waals surface area contributed by atoms with E-state index in [1.165, 1.54) is 11.2 Å². The van der Waals surface area contributed by atoms with Gasteiger partial charge >= 0.3 is 11.7 Å². The first-order valence-corrected chi connectivity index (χ1v) is 8.82. The van der Waals surface area contributed by atoms with E-state index in [4.69, 9.17) is 9.15 Å². The van der Waals surface area contributed by atoms with E-state index < -0.39 is 23.1 Å². The van der Waals surface area contributed by atoms with Crippen LogP contribution in [0.2, 0.25) is 0 Å². The number of hydrogen-bond acceptors (Lipinski definition) is 6. The first-order valence-electron chi connectivity index (χ1n) is 8.82. The topological polar surface area (TPSA) is 115 Å². The third kappa shape index (κ3) is 4.02. The number of carbonyl (C=O) groups is 2. The van der Waals surface area contributed by atoms with Crippen molar-refractivity contribution in [3.63, 3.8) is 0 Å². The molecule has 0 aliphatic carbocycles. The van der Waals surface area contributed by atoms with Crippen LogP contribution in [0.1, 0.15) is 35.9 Å². The van der Waals surface area contributed by atoms with Gasteiger partial charge in [-0.05, 0) is 31.9 Å². The predicted molar refractivity (Wildman–Crippen MR) is 94.4 cm³/mol. The Morgan fingerprint density at radius 1 is 1.37 bits per heavy atom. The summed E-state index contributed by atoms with van der Waals surface area (Å²) in [6, 6.07) is 3.28. The molecule has 0 saturated carbocycles. The Morgan fingerprint density at radius 3 is 2.89 bits per heavy atom. The van der Waals surface area contributed by atoms with Gasteiger partial charge in [0.05, 0.1) is 25.3 Å². The molecule has 144 valence electrons. The standard InChI is InChI=1S/C18H21N3O6/c1-2-26-17(24)12-5-3-7-20(10-12)15(22)14-9-19-18(25)21(16(14)23)11-13-6-4-8-27-13/h4,6,8-9,12H,2-3,5,7,10-11H2,1H3,(H,19,25). The molecular weight excluding hydrogens is 354 g/mol. The highest BCUT2D eigenvalue weighted by Crippen LogP contribution is 2.19. The maximum absolute atomic E-state index is 12.8. The van der Waals surface area contributed by atoms with Crippen molar-refractivity contribution in [2.45, 2.75) is 26.3 Å². The molecule has 2 aromatic rings. The van der Waals surface area contributed by atoms with Gasteiger partial charge in [-0.2, -0.15) is 0 Å². The van der Waals surface area contributed by atoms with Crippen LogP contribution >= 0.6 is 0 Å². The van der Waals surface area contributed by atoms with E-state index >= 15 is 0 Å². The zero-order valence-electron chi connectivity index (χ0n) is 15.0. The Morgan fingerprint density at radius 2 is 2.19 bits per heavy atom. The molecule has 1 amide bonds. The largest absolute Gasteiger partial charge is 0.467 e. The summed E-state index contributed by atoms with van der Waals surface area (Å²) in [6.45, 7) is 2.56. The van der Waals surface area contributed by atoms with Crippen LogP contribution in [0.3, 0.4) is 0 Å². The number of nitrogens with zero attached hydrogens (tertiary/aromatic N) is 2. The molecule has 0 bridgehead atoms. The van der Waals surface area contributed by atoms with E-state index in [1.54, 1.807) is 19.1 Å². The monoisotopic (exact) mass is 375 g/mol. The highest BCUT2D eigenvalue weighted by molar-refractivity contribution is 5.94. The normalized spacial score (nSPS) is 16.9. The Balaban J connectivity index is 1.83. The number of furan rings is 1. The van der Waals surface area contributed by atoms with Gasteiger partial charge in [0.2, 0.25) is 0 Å². The third-order valence-electron chi connectivity index (χ3n) is 4.51. The fraction of sp³-hybridized carbons (Fsp3) is 0.444. The second kappa shape index (κ2) is 8.07. The summed E-state index contributed by atoms with van der Waals surface area (Å²) in [5.74, 6) is -0.839. The number of amides is 1. The number of aromatic amines is 1. The van der Waals surface area contributed by atoms with E-state index in [0.717, 1.165) is 10.8 Å². The van der Waals surface area contributed by atoms with Gasteiger partial charge < -0.3 is 19.0 Å². The summed E-state index contributed by atoms with van der Waals surface area (Å²) in [4.78, 5) is 53.4. The molecule has 1 aliphatic rings. The molecule has 1 aliphatic heterocycles. The molecular formula is C18H21N3O6. The number of esters is 1. The van der Waals surface area contributed by atoms with Crippen molar-refractivity contribution in [2.75, 3.05) is 19.7 Å². The summed E-state index contributed by atoms with van der Waals surface area (Å²) in [7, 11) is 0.